The number of nitrogens with zero attached hydrogens (tertiary/aromatic N) is 7. The quantitative estimate of drug-likeness (QED) is 0.0455. The maximum atomic E-state index is 13.8. The van der Waals surface area contributed by atoms with E-state index in [9.17, 15) is 57.7 Å². The van der Waals surface area contributed by atoms with E-state index >= 15 is 0 Å². The molecule has 0 saturated carbocycles. The minimum Gasteiger partial charge on any atom is -0.480 e. The van der Waals surface area contributed by atoms with Crippen LogP contribution in [0.15, 0.2) is 30.5 Å². The number of fused-ring (bicyclic) bond motifs is 1. The molecule has 0 aliphatic carbocycles. The van der Waals surface area contributed by atoms with Crippen LogP contribution >= 0.6 is 0 Å². The topological polar surface area (TPSA) is 325 Å². The Labute approximate surface area is 438 Å². The van der Waals surface area contributed by atoms with Gasteiger partial charge in [-0.15, -0.1) is 0 Å². The maximum Gasteiger partial charge on any atom is 0.317 e. The van der Waals surface area contributed by atoms with Crippen molar-refractivity contribution in [2.75, 3.05) is 183 Å². The highest BCUT2D eigenvalue weighted by Crippen LogP contribution is 2.31. The van der Waals surface area contributed by atoms with Crippen LogP contribution in [0.4, 0.5) is 14.5 Å². The van der Waals surface area contributed by atoms with Crippen LogP contribution in [0.3, 0.4) is 0 Å². The van der Waals surface area contributed by atoms with Crippen LogP contribution in [0.5, 0.6) is 0 Å². The third kappa shape index (κ3) is 24.7. The molecular formula is C48H70F2N10O16. The number of carbonyl (C=O) groups excluding carboxylic acids is 4. The molecule has 2 aliphatic heterocycles. The molecule has 4 amide bonds. The Balaban J connectivity index is 0.964. The lowest BCUT2D eigenvalue weighted by molar-refractivity contribution is -0.140. The van der Waals surface area contributed by atoms with Gasteiger partial charge in [0.05, 0.1) is 148 Å². The molecule has 2 saturated heterocycles. The van der Waals surface area contributed by atoms with E-state index in [1.807, 2.05) is 4.90 Å². The molecule has 422 valence electrons. The molecule has 2 aliphatic rings. The van der Waals surface area contributed by atoms with E-state index in [4.69, 9.17) is 33.7 Å². The van der Waals surface area contributed by atoms with Gasteiger partial charge in [0, 0.05) is 76.9 Å². The number of halogens is 2. The molecule has 76 heavy (non-hydrogen) atoms. The molecule has 0 bridgehead atoms. The highest BCUT2D eigenvalue weighted by atomic mass is 19.3. The van der Waals surface area contributed by atoms with Crippen LogP contribution in [0, 0.1) is 11.3 Å². The Hall–Kier alpha value is -6.13. The van der Waals surface area contributed by atoms with E-state index in [-0.39, 0.29) is 109 Å². The van der Waals surface area contributed by atoms with Gasteiger partial charge >= 0.3 is 17.9 Å². The first kappa shape index (κ1) is 62.4. The lowest BCUT2D eigenvalue weighted by atomic mass is 10.1. The molecule has 1 atom stereocenters. The SMILES string of the molecule is N#C[C@@H]1CC(F)(F)CN1C(=O)CNC(=O)c1ccnc2c(NC(=O)CCOCCOCCOCCOCCOCCOCCNC(=O)CN3CCN(CC(=O)O)CCN(CC(=O)O)CCN(CC(=O)O)CC3)cccc12. The number of amides is 4. The summed E-state index contributed by atoms with van der Waals surface area (Å²) in [5.74, 6) is -8.39. The Morgan fingerprint density at radius 1 is 0.632 bits per heavy atom. The van der Waals surface area contributed by atoms with Crippen LogP contribution in [-0.4, -0.2) is 276 Å². The van der Waals surface area contributed by atoms with Crippen molar-refractivity contribution in [1.29, 1.82) is 5.26 Å². The molecule has 4 rings (SSSR count). The van der Waals surface area contributed by atoms with Gasteiger partial charge in [-0.3, -0.25) is 58.1 Å². The van der Waals surface area contributed by atoms with E-state index in [1.54, 1.807) is 39.0 Å². The number of benzene rings is 1. The molecule has 3 heterocycles. The number of anilines is 1. The summed E-state index contributed by atoms with van der Waals surface area (Å²) in [6.45, 7) is 3.92. The van der Waals surface area contributed by atoms with Gasteiger partial charge in [0.1, 0.15) is 6.04 Å². The number of hydrogen-bond donors (Lipinski definition) is 6. The second-order valence-electron chi connectivity index (χ2n) is 17.6. The number of ether oxygens (including phenoxy) is 6. The lowest BCUT2D eigenvalue weighted by Crippen LogP contribution is -2.50. The van der Waals surface area contributed by atoms with Crippen molar-refractivity contribution in [2.45, 2.75) is 24.8 Å². The summed E-state index contributed by atoms with van der Waals surface area (Å²) in [5, 5.41) is 45.7. The van der Waals surface area contributed by atoms with Crippen molar-refractivity contribution >= 4 is 58.1 Å². The van der Waals surface area contributed by atoms with E-state index in [2.05, 4.69) is 20.9 Å². The smallest absolute Gasteiger partial charge is 0.317 e. The molecule has 2 aromatic rings. The van der Waals surface area contributed by atoms with Gasteiger partial charge in [0.25, 0.3) is 11.8 Å². The van der Waals surface area contributed by atoms with Gasteiger partial charge in [-0.1, -0.05) is 12.1 Å². The fourth-order valence-corrected chi connectivity index (χ4v) is 7.91. The highest BCUT2D eigenvalue weighted by molar-refractivity contribution is 6.10. The van der Waals surface area contributed by atoms with Crippen LogP contribution in [0.1, 0.15) is 23.2 Å². The summed E-state index contributed by atoms with van der Waals surface area (Å²) in [5.41, 5.74) is 0.800. The average molecular weight is 1080 g/mol. The number of hydrogen-bond acceptors (Lipinski definition) is 19. The molecule has 28 heteroatoms. The number of alkyl halides is 2. The average Bonchev–Trinajstić information content (AvgIpc) is 3.70. The second-order valence-corrected chi connectivity index (χ2v) is 17.6. The van der Waals surface area contributed by atoms with Crippen LogP contribution in [-0.2, 0) is 57.2 Å². The first-order valence-electron chi connectivity index (χ1n) is 24.8. The van der Waals surface area contributed by atoms with Crippen molar-refractivity contribution < 1.29 is 86.1 Å². The molecule has 1 aromatic heterocycles. The van der Waals surface area contributed by atoms with Crippen molar-refractivity contribution in [2.24, 2.45) is 0 Å². The Kier molecular flexibility index (Phi) is 28.3. The zero-order valence-electron chi connectivity index (χ0n) is 42.5. The molecule has 26 nitrogen and oxygen atoms in total. The minimum atomic E-state index is -3.18. The number of aliphatic carboxylic acids is 3. The fourth-order valence-electron chi connectivity index (χ4n) is 7.91. The zero-order valence-corrected chi connectivity index (χ0v) is 42.5. The van der Waals surface area contributed by atoms with E-state index in [0.29, 0.717) is 95.6 Å². The van der Waals surface area contributed by atoms with Crippen LogP contribution in [0.25, 0.3) is 10.9 Å². The number of carboxylic acids is 3. The summed E-state index contributed by atoms with van der Waals surface area (Å²) in [6.07, 6.45) is 0.621. The molecule has 0 unspecified atom stereocenters. The summed E-state index contributed by atoms with van der Waals surface area (Å²) in [6, 6.07) is 6.68. The predicted octanol–water partition coefficient (Wildman–Crippen LogP) is -1.26. The number of para-hydroxylation sites is 1. The second kappa shape index (κ2) is 34.5. The summed E-state index contributed by atoms with van der Waals surface area (Å²) >= 11 is 0. The van der Waals surface area contributed by atoms with E-state index in [0.717, 1.165) is 4.90 Å². The van der Waals surface area contributed by atoms with Crippen molar-refractivity contribution in [3.8, 4) is 6.07 Å². The first-order chi connectivity index (χ1) is 36.5. The number of likely N-dealkylation sites (tertiary alicyclic amines) is 1. The van der Waals surface area contributed by atoms with E-state index < -0.39 is 61.2 Å². The standard InChI is InChI=1S/C48H70F2N10O16/c49-48(50)28-36(29-51)60(35-48)42(63)30-54-47(70)38-4-6-53-46-37(38)2-1-3-39(46)55-40(61)5-16-71-18-20-73-22-24-75-26-27-76-25-23-74-21-19-72-17-7-52-41(62)31-56-8-10-57(32-43(64)65)12-14-59(34-45(68)69)15-13-58(11-9-56)33-44(66)67/h1-4,6,36H,5,7-28,30-35H2,(H,52,62)(H,54,70)(H,55,61)(H,64,65)(H,66,67)(H,68,69)/t36-/m0/s1. The lowest BCUT2D eigenvalue weighted by Gasteiger charge is -2.32. The van der Waals surface area contributed by atoms with Crippen molar-refractivity contribution in [3.63, 3.8) is 0 Å². The third-order valence-corrected chi connectivity index (χ3v) is 11.7. The highest BCUT2D eigenvalue weighted by Gasteiger charge is 2.47. The summed E-state index contributed by atoms with van der Waals surface area (Å²) in [4.78, 5) is 97.4. The van der Waals surface area contributed by atoms with E-state index in [1.165, 1.54) is 12.3 Å². The van der Waals surface area contributed by atoms with Gasteiger partial charge in [0.15, 0.2) is 0 Å². The van der Waals surface area contributed by atoms with Gasteiger partial charge in [-0.25, -0.2) is 8.78 Å². The van der Waals surface area contributed by atoms with Gasteiger partial charge in [-0.2, -0.15) is 5.26 Å². The third-order valence-electron chi connectivity index (χ3n) is 11.7. The molecule has 1 aromatic carbocycles. The number of aromatic nitrogens is 1. The maximum absolute atomic E-state index is 13.8. The van der Waals surface area contributed by atoms with Gasteiger partial charge in [0.2, 0.25) is 17.7 Å². The number of rotatable bonds is 33. The Morgan fingerprint density at radius 2 is 1.09 bits per heavy atom. The molecule has 2 fully saturated rings. The molecule has 0 spiro atoms. The number of nitrogens with one attached hydrogen (secondary N) is 3. The number of pyridine rings is 1. The molecule has 6 N–H and O–H groups in total. The van der Waals surface area contributed by atoms with Crippen molar-refractivity contribution in [1.82, 2.24) is 40.1 Å². The fraction of sp³-hybridized carbons (Fsp3) is 0.646. The van der Waals surface area contributed by atoms with Crippen molar-refractivity contribution in [3.05, 3.63) is 36.0 Å². The van der Waals surface area contributed by atoms with Crippen LogP contribution < -0.4 is 16.0 Å². The predicted molar refractivity (Wildman–Crippen MR) is 265 cm³/mol. The minimum absolute atomic E-state index is 0.00388. The summed E-state index contributed by atoms with van der Waals surface area (Å²) in [7, 11) is 0. The van der Waals surface area contributed by atoms with Crippen LogP contribution in [0.2, 0.25) is 0 Å². The number of carbonyl (C=O) groups is 7. The van der Waals surface area contributed by atoms with Gasteiger partial charge in [-0.05, 0) is 12.1 Å². The number of carboxylic acid groups (broad SMARTS) is 3. The Bertz CT molecular complexity index is 2200. The van der Waals surface area contributed by atoms with Gasteiger partial charge < -0.3 is 64.6 Å². The number of nitriles is 1. The first-order valence-corrected chi connectivity index (χ1v) is 24.8. The zero-order chi connectivity index (χ0) is 55.1. The normalized spacial score (nSPS) is 17.1. The largest absolute Gasteiger partial charge is 0.480 e. The molecule has 0 radical (unpaired) electrons. The Morgan fingerprint density at radius 3 is 1.57 bits per heavy atom. The summed E-state index contributed by atoms with van der Waals surface area (Å²) < 4.78 is 60.6. The monoisotopic (exact) mass is 1080 g/mol. The molecular weight excluding hydrogens is 1010 g/mol.